The summed E-state index contributed by atoms with van der Waals surface area (Å²) in [5, 5.41) is 14.7. The minimum atomic E-state index is -0.343. The molecule has 0 heterocycles. The Kier molecular flexibility index (Phi) is 6.82. The fourth-order valence-electron chi connectivity index (χ4n) is 1.41. The lowest BCUT2D eigenvalue weighted by Gasteiger charge is -2.07. The van der Waals surface area contributed by atoms with Gasteiger partial charge < -0.3 is 10.6 Å². The monoisotopic (exact) mass is 335 g/mol. The quantitative estimate of drug-likeness (QED) is 0.620. The molecule has 4 nitrogen and oxygen atoms in total. The fourth-order valence-corrected chi connectivity index (χ4v) is 1.68. The number of carbonyl (C=O) groups excluding carboxylic acids is 1. The van der Waals surface area contributed by atoms with Crippen LogP contribution >= 0.6 is 15.9 Å². The number of hydrogen-bond acceptors (Lipinski definition) is 3. The van der Waals surface area contributed by atoms with E-state index >= 15 is 0 Å². The first-order valence-electron chi connectivity index (χ1n) is 6.39. The van der Waals surface area contributed by atoms with Crippen LogP contribution < -0.4 is 10.6 Å². The maximum Gasteiger partial charge on any atom is 0.263 e. The molecule has 1 aromatic carbocycles. The van der Waals surface area contributed by atoms with Gasteiger partial charge in [0.05, 0.1) is 0 Å². The van der Waals surface area contributed by atoms with Crippen molar-refractivity contribution in [2.45, 2.75) is 20.4 Å². The zero-order valence-electron chi connectivity index (χ0n) is 11.6. The fraction of sp³-hybridized carbons (Fsp3) is 0.333. The number of hydrogen-bond donors (Lipinski definition) is 2. The summed E-state index contributed by atoms with van der Waals surface area (Å²) in [7, 11) is 0. The van der Waals surface area contributed by atoms with Gasteiger partial charge in [-0.25, -0.2) is 0 Å². The summed E-state index contributed by atoms with van der Waals surface area (Å²) in [6, 6.07) is 9.73. The molecular weight excluding hydrogens is 318 g/mol. The third kappa shape index (κ3) is 5.89. The maximum absolute atomic E-state index is 11.7. The topological polar surface area (TPSA) is 64.9 Å². The standard InChI is InChI=1S/C15H18BrN3O/c1-11(2)8-19-15(20)13(7-17)10-18-9-12-3-5-14(16)6-4-12/h3-6,10-11,18H,8-9H2,1-2H3,(H,19,20)/b13-10-. The third-order valence-electron chi connectivity index (χ3n) is 2.50. The number of nitriles is 1. The maximum atomic E-state index is 11.7. The minimum Gasteiger partial charge on any atom is -0.386 e. The summed E-state index contributed by atoms with van der Waals surface area (Å²) in [5.41, 5.74) is 1.16. The number of carbonyl (C=O) groups is 1. The average Bonchev–Trinajstić information content (AvgIpc) is 2.43. The Morgan fingerprint density at radius 1 is 1.40 bits per heavy atom. The van der Waals surface area contributed by atoms with Gasteiger partial charge in [0.2, 0.25) is 0 Å². The first-order valence-corrected chi connectivity index (χ1v) is 7.18. The molecule has 0 atom stereocenters. The Bertz CT molecular complexity index is 515. The number of rotatable bonds is 6. The van der Waals surface area contributed by atoms with E-state index in [1.807, 2.05) is 44.2 Å². The van der Waals surface area contributed by atoms with Gasteiger partial charge in [0, 0.05) is 23.8 Å². The van der Waals surface area contributed by atoms with Crippen LogP contribution in [0.4, 0.5) is 0 Å². The molecule has 1 amide bonds. The molecule has 0 unspecified atom stereocenters. The van der Waals surface area contributed by atoms with Crippen LogP contribution in [0.5, 0.6) is 0 Å². The van der Waals surface area contributed by atoms with Crippen LogP contribution in [0, 0.1) is 17.2 Å². The van der Waals surface area contributed by atoms with Crippen LogP contribution in [0.1, 0.15) is 19.4 Å². The molecule has 20 heavy (non-hydrogen) atoms. The van der Waals surface area contributed by atoms with Crippen molar-refractivity contribution in [3.05, 3.63) is 46.1 Å². The van der Waals surface area contributed by atoms with Crippen LogP contribution in [0.2, 0.25) is 0 Å². The number of halogens is 1. The molecule has 0 saturated carbocycles. The number of nitrogens with one attached hydrogen (secondary N) is 2. The number of nitrogens with zero attached hydrogens (tertiary/aromatic N) is 1. The van der Waals surface area contributed by atoms with Crippen molar-refractivity contribution in [1.82, 2.24) is 10.6 Å². The van der Waals surface area contributed by atoms with Gasteiger partial charge in [-0.3, -0.25) is 4.79 Å². The van der Waals surface area contributed by atoms with Crippen LogP contribution in [0.15, 0.2) is 40.5 Å². The lowest BCUT2D eigenvalue weighted by Crippen LogP contribution is -2.29. The lowest BCUT2D eigenvalue weighted by atomic mass is 10.2. The van der Waals surface area contributed by atoms with Gasteiger partial charge in [-0.2, -0.15) is 5.26 Å². The predicted molar refractivity (Wildman–Crippen MR) is 82.5 cm³/mol. The zero-order valence-corrected chi connectivity index (χ0v) is 13.2. The van der Waals surface area contributed by atoms with Crippen molar-refractivity contribution in [2.75, 3.05) is 6.54 Å². The van der Waals surface area contributed by atoms with Crippen molar-refractivity contribution >= 4 is 21.8 Å². The van der Waals surface area contributed by atoms with E-state index in [-0.39, 0.29) is 11.5 Å². The summed E-state index contributed by atoms with van der Waals surface area (Å²) in [6.45, 7) is 5.13. The molecule has 0 spiro atoms. The highest BCUT2D eigenvalue weighted by Crippen LogP contribution is 2.10. The van der Waals surface area contributed by atoms with Crippen LogP contribution in [-0.4, -0.2) is 12.5 Å². The van der Waals surface area contributed by atoms with Crippen molar-refractivity contribution in [3.63, 3.8) is 0 Å². The first kappa shape index (κ1) is 16.3. The second-order valence-corrected chi connectivity index (χ2v) is 5.70. The average molecular weight is 336 g/mol. The van der Waals surface area contributed by atoms with E-state index in [0.717, 1.165) is 10.0 Å². The van der Waals surface area contributed by atoms with Crippen LogP contribution in [0.3, 0.4) is 0 Å². The van der Waals surface area contributed by atoms with E-state index in [1.165, 1.54) is 6.20 Å². The smallest absolute Gasteiger partial charge is 0.263 e. The zero-order chi connectivity index (χ0) is 15.0. The third-order valence-corrected chi connectivity index (χ3v) is 3.03. The molecule has 0 saturated heterocycles. The highest BCUT2D eigenvalue weighted by molar-refractivity contribution is 9.10. The van der Waals surface area contributed by atoms with Crippen molar-refractivity contribution in [3.8, 4) is 6.07 Å². The molecular formula is C15H18BrN3O. The van der Waals surface area contributed by atoms with Crippen molar-refractivity contribution in [1.29, 1.82) is 5.26 Å². The largest absolute Gasteiger partial charge is 0.386 e. The van der Waals surface area contributed by atoms with E-state index in [1.54, 1.807) is 0 Å². The van der Waals surface area contributed by atoms with E-state index in [9.17, 15) is 4.79 Å². The van der Waals surface area contributed by atoms with Gasteiger partial charge in [-0.15, -0.1) is 0 Å². The van der Waals surface area contributed by atoms with Gasteiger partial charge in [-0.1, -0.05) is 41.9 Å². The Morgan fingerprint density at radius 3 is 2.60 bits per heavy atom. The molecule has 0 aliphatic heterocycles. The molecule has 106 valence electrons. The highest BCUT2D eigenvalue weighted by atomic mass is 79.9. The highest BCUT2D eigenvalue weighted by Gasteiger charge is 2.08. The molecule has 0 aliphatic carbocycles. The molecule has 1 aromatic rings. The Morgan fingerprint density at radius 2 is 2.05 bits per heavy atom. The van der Waals surface area contributed by atoms with Gasteiger partial charge >= 0.3 is 0 Å². The number of benzene rings is 1. The summed E-state index contributed by atoms with van der Waals surface area (Å²) >= 11 is 3.37. The normalized spacial score (nSPS) is 11.1. The Labute approximate surface area is 128 Å². The Balaban J connectivity index is 2.51. The Hall–Kier alpha value is -1.80. The predicted octanol–water partition coefficient (Wildman–Crippen LogP) is 2.72. The summed E-state index contributed by atoms with van der Waals surface area (Å²) in [4.78, 5) is 11.7. The summed E-state index contributed by atoms with van der Waals surface area (Å²) in [6.07, 6.45) is 1.46. The molecule has 0 aliphatic rings. The van der Waals surface area contributed by atoms with Crippen molar-refractivity contribution in [2.24, 2.45) is 5.92 Å². The molecule has 0 bridgehead atoms. The van der Waals surface area contributed by atoms with Gasteiger partial charge in [0.15, 0.2) is 0 Å². The molecule has 2 N–H and O–H groups in total. The van der Waals surface area contributed by atoms with Crippen LogP contribution in [0.25, 0.3) is 0 Å². The molecule has 0 aromatic heterocycles. The van der Waals surface area contributed by atoms with Crippen molar-refractivity contribution < 1.29 is 4.79 Å². The summed E-state index contributed by atoms with van der Waals surface area (Å²) in [5.74, 6) is 0.0131. The number of amides is 1. The molecule has 0 radical (unpaired) electrons. The summed E-state index contributed by atoms with van der Waals surface area (Å²) < 4.78 is 1.02. The molecule has 1 rings (SSSR count). The van der Waals surface area contributed by atoms with E-state index in [4.69, 9.17) is 5.26 Å². The minimum absolute atomic E-state index is 0.0859. The second-order valence-electron chi connectivity index (χ2n) is 4.78. The van der Waals surface area contributed by atoms with Gasteiger partial charge in [-0.05, 0) is 23.6 Å². The molecule has 0 fully saturated rings. The van der Waals surface area contributed by atoms with E-state index in [0.29, 0.717) is 19.0 Å². The van der Waals surface area contributed by atoms with Crippen LogP contribution in [-0.2, 0) is 11.3 Å². The molecule has 5 heteroatoms. The second kappa shape index (κ2) is 8.39. The van der Waals surface area contributed by atoms with Gasteiger partial charge in [0.25, 0.3) is 5.91 Å². The lowest BCUT2D eigenvalue weighted by molar-refractivity contribution is -0.117. The SMILES string of the molecule is CC(C)CNC(=O)/C(C#N)=C\NCc1ccc(Br)cc1. The van der Waals surface area contributed by atoms with E-state index < -0.39 is 0 Å². The van der Waals surface area contributed by atoms with Gasteiger partial charge in [0.1, 0.15) is 11.6 Å². The first-order chi connectivity index (χ1) is 9.52. The van der Waals surface area contributed by atoms with E-state index in [2.05, 4.69) is 26.6 Å².